The molecule has 0 amide bonds. The maximum absolute atomic E-state index is 6.04. The van der Waals surface area contributed by atoms with Gasteiger partial charge in [-0.15, -0.1) is 0 Å². The molecule has 1 aromatic heterocycles. The Bertz CT molecular complexity index is 361. The molecule has 0 aromatic carbocycles. The second kappa shape index (κ2) is 7.58. The average molecular weight is 278 g/mol. The highest BCUT2D eigenvalue weighted by molar-refractivity contribution is 6.37. The third-order valence-electron chi connectivity index (χ3n) is 2.07. The summed E-state index contributed by atoms with van der Waals surface area (Å²) in [7, 11) is 1.65. The van der Waals surface area contributed by atoms with Gasteiger partial charge in [-0.25, -0.2) is 4.98 Å². The minimum Gasteiger partial charge on any atom is -0.383 e. The molecule has 0 radical (unpaired) electrons. The van der Waals surface area contributed by atoms with E-state index in [0.717, 1.165) is 13.0 Å². The summed E-state index contributed by atoms with van der Waals surface area (Å²) >= 11 is 12.1. The van der Waals surface area contributed by atoms with Crippen LogP contribution in [0.25, 0.3) is 0 Å². The van der Waals surface area contributed by atoms with Gasteiger partial charge in [0.15, 0.2) is 0 Å². The molecule has 17 heavy (non-hydrogen) atoms. The first-order valence-electron chi connectivity index (χ1n) is 5.51. The molecule has 0 aliphatic carbocycles. The Morgan fingerprint density at radius 3 is 2.29 bits per heavy atom. The van der Waals surface area contributed by atoms with Crippen LogP contribution >= 0.6 is 23.2 Å². The molecular weight excluding hydrogens is 261 g/mol. The van der Waals surface area contributed by atoms with Gasteiger partial charge in [-0.2, -0.15) is 0 Å². The number of nitrogens with zero attached hydrogens (tertiary/aromatic N) is 1. The molecule has 2 N–H and O–H groups in total. The normalized spacial score (nSPS) is 10.4. The molecule has 96 valence electrons. The lowest BCUT2D eigenvalue weighted by molar-refractivity contribution is 0.210. The Balaban J connectivity index is 2.74. The monoisotopic (exact) mass is 277 g/mol. The first kappa shape index (κ1) is 14.4. The molecule has 0 aliphatic heterocycles. The molecule has 0 saturated carbocycles. The summed E-state index contributed by atoms with van der Waals surface area (Å²) in [5.41, 5.74) is 0. The van der Waals surface area contributed by atoms with Crippen LogP contribution in [-0.2, 0) is 4.74 Å². The fourth-order valence-corrected chi connectivity index (χ4v) is 1.72. The number of hydrogen-bond acceptors (Lipinski definition) is 4. The quantitative estimate of drug-likeness (QED) is 0.751. The van der Waals surface area contributed by atoms with Gasteiger partial charge in [-0.3, -0.25) is 0 Å². The highest BCUT2D eigenvalue weighted by Crippen LogP contribution is 2.28. The molecule has 1 aromatic rings. The smallest absolute Gasteiger partial charge is 0.147 e. The van der Waals surface area contributed by atoms with Crippen molar-refractivity contribution in [3.05, 3.63) is 16.1 Å². The van der Waals surface area contributed by atoms with E-state index < -0.39 is 0 Å². The van der Waals surface area contributed by atoms with E-state index in [1.807, 2.05) is 0 Å². The van der Waals surface area contributed by atoms with Crippen molar-refractivity contribution < 1.29 is 4.74 Å². The van der Waals surface area contributed by atoms with E-state index in [0.29, 0.717) is 34.8 Å². The maximum Gasteiger partial charge on any atom is 0.147 e. The average Bonchev–Trinajstić information content (AvgIpc) is 2.31. The Kier molecular flexibility index (Phi) is 6.40. The van der Waals surface area contributed by atoms with Crippen molar-refractivity contribution >= 4 is 34.8 Å². The number of rotatable bonds is 7. The van der Waals surface area contributed by atoms with Crippen molar-refractivity contribution in [3.8, 4) is 0 Å². The van der Waals surface area contributed by atoms with Gasteiger partial charge in [-0.1, -0.05) is 30.1 Å². The van der Waals surface area contributed by atoms with E-state index in [-0.39, 0.29) is 0 Å². The standard InChI is InChI=1S/C11H17Cl2N3O/c1-3-4-14-10-8(12)7-9(13)11(16-10)15-5-6-17-2/h7H,3-6H2,1-2H3,(H2,14,15,16). The van der Waals surface area contributed by atoms with Crippen LogP contribution in [0.1, 0.15) is 13.3 Å². The topological polar surface area (TPSA) is 46.2 Å². The van der Waals surface area contributed by atoms with Gasteiger partial charge < -0.3 is 15.4 Å². The van der Waals surface area contributed by atoms with Crippen molar-refractivity contribution in [1.29, 1.82) is 0 Å². The van der Waals surface area contributed by atoms with Crippen molar-refractivity contribution in [1.82, 2.24) is 4.98 Å². The molecule has 0 fully saturated rings. The molecule has 0 aliphatic rings. The van der Waals surface area contributed by atoms with E-state index in [9.17, 15) is 0 Å². The molecule has 0 spiro atoms. The van der Waals surface area contributed by atoms with Crippen molar-refractivity contribution in [3.63, 3.8) is 0 Å². The summed E-state index contributed by atoms with van der Waals surface area (Å²) in [6, 6.07) is 1.68. The van der Waals surface area contributed by atoms with Gasteiger partial charge in [0.1, 0.15) is 11.6 Å². The zero-order valence-electron chi connectivity index (χ0n) is 10.0. The maximum atomic E-state index is 6.04. The van der Waals surface area contributed by atoms with Crippen LogP contribution in [-0.4, -0.2) is 31.8 Å². The van der Waals surface area contributed by atoms with Gasteiger partial charge in [0.2, 0.25) is 0 Å². The van der Waals surface area contributed by atoms with Gasteiger partial charge in [0.25, 0.3) is 0 Å². The zero-order chi connectivity index (χ0) is 12.7. The zero-order valence-corrected chi connectivity index (χ0v) is 11.5. The number of nitrogens with one attached hydrogen (secondary N) is 2. The fraction of sp³-hybridized carbons (Fsp3) is 0.545. The Morgan fingerprint density at radius 2 is 1.76 bits per heavy atom. The molecule has 0 atom stereocenters. The van der Waals surface area contributed by atoms with Gasteiger partial charge >= 0.3 is 0 Å². The number of pyridine rings is 1. The molecule has 0 unspecified atom stereocenters. The van der Waals surface area contributed by atoms with Crippen LogP contribution < -0.4 is 10.6 Å². The van der Waals surface area contributed by atoms with Crippen LogP contribution in [0.4, 0.5) is 11.6 Å². The highest BCUT2D eigenvalue weighted by Gasteiger charge is 2.08. The number of anilines is 2. The Hall–Kier alpha value is -0.710. The SMILES string of the molecule is CCCNc1nc(NCCOC)c(Cl)cc1Cl. The summed E-state index contributed by atoms with van der Waals surface area (Å²) in [5, 5.41) is 7.27. The first-order valence-corrected chi connectivity index (χ1v) is 6.27. The van der Waals surface area contributed by atoms with Crippen LogP contribution in [0.5, 0.6) is 0 Å². The molecule has 6 heteroatoms. The van der Waals surface area contributed by atoms with Crippen LogP contribution in [0, 0.1) is 0 Å². The van der Waals surface area contributed by atoms with E-state index in [4.69, 9.17) is 27.9 Å². The van der Waals surface area contributed by atoms with Crippen LogP contribution in [0.15, 0.2) is 6.07 Å². The van der Waals surface area contributed by atoms with Crippen LogP contribution in [0.3, 0.4) is 0 Å². The number of aromatic nitrogens is 1. The van der Waals surface area contributed by atoms with E-state index in [2.05, 4.69) is 22.5 Å². The van der Waals surface area contributed by atoms with Gasteiger partial charge in [-0.05, 0) is 12.5 Å². The van der Waals surface area contributed by atoms with Crippen LogP contribution in [0.2, 0.25) is 10.0 Å². The van der Waals surface area contributed by atoms with E-state index >= 15 is 0 Å². The summed E-state index contributed by atoms with van der Waals surface area (Å²) < 4.78 is 4.95. The molecule has 0 bridgehead atoms. The third kappa shape index (κ3) is 4.58. The molecule has 1 rings (SSSR count). The second-order valence-electron chi connectivity index (χ2n) is 3.50. The predicted molar refractivity (Wildman–Crippen MR) is 73.4 cm³/mol. The lowest BCUT2D eigenvalue weighted by atomic mass is 10.4. The summed E-state index contributed by atoms with van der Waals surface area (Å²) in [6.07, 6.45) is 1.01. The lowest BCUT2D eigenvalue weighted by Crippen LogP contribution is -2.11. The van der Waals surface area contributed by atoms with Crippen molar-refractivity contribution in [2.24, 2.45) is 0 Å². The summed E-state index contributed by atoms with van der Waals surface area (Å²) in [4.78, 5) is 4.34. The summed E-state index contributed by atoms with van der Waals surface area (Å²) in [5.74, 6) is 1.27. The lowest BCUT2D eigenvalue weighted by Gasteiger charge is -2.11. The fourth-order valence-electron chi connectivity index (χ4n) is 1.23. The molecule has 4 nitrogen and oxygen atoms in total. The number of halogens is 2. The number of hydrogen-bond donors (Lipinski definition) is 2. The Morgan fingerprint density at radius 1 is 1.18 bits per heavy atom. The van der Waals surface area contributed by atoms with Crippen molar-refractivity contribution in [2.45, 2.75) is 13.3 Å². The third-order valence-corrected chi connectivity index (χ3v) is 2.65. The molecule has 0 saturated heterocycles. The van der Waals surface area contributed by atoms with Crippen molar-refractivity contribution in [2.75, 3.05) is 37.4 Å². The minimum atomic E-state index is 0.508. The van der Waals surface area contributed by atoms with E-state index in [1.165, 1.54) is 0 Å². The summed E-state index contributed by atoms with van der Waals surface area (Å²) in [6.45, 7) is 4.15. The second-order valence-corrected chi connectivity index (χ2v) is 4.31. The van der Waals surface area contributed by atoms with Gasteiger partial charge in [0, 0.05) is 20.2 Å². The van der Waals surface area contributed by atoms with E-state index in [1.54, 1.807) is 13.2 Å². The largest absolute Gasteiger partial charge is 0.383 e. The Labute approximate surface area is 112 Å². The number of methoxy groups -OCH3 is 1. The first-order chi connectivity index (χ1) is 8.19. The van der Waals surface area contributed by atoms with Gasteiger partial charge in [0.05, 0.1) is 16.7 Å². The molecular formula is C11H17Cl2N3O. The minimum absolute atomic E-state index is 0.508. The number of ether oxygens (including phenoxy) is 1. The highest BCUT2D eigenvalue weighted by atomic mass is 35.5. The predicted octanol–water partition coefficient (Wildman–Crippen LogP) is 3.27. The molecule has 1 heterocycles.